The molecule has 0 fully saturated rings. The van der Waals surface area contributed by atoms with Gasteiger partial charge in [0.2, 0.25) is 0 Å². The summed E-state index contributed by atoms with van der Waals surface area (Å²) >= 11 is 0. The van der Waals surface area contributed by atoms with E-state index in [0.717, 1.165) is 18.6 Å². The van der Waals surface area contributed by atoms with Crippen LogP contribution < -0.4 is 4.74 Å². The standard InChI is InChI=1S/C20H23NO/c1-5-19-15-9-7-8-10-16(15)20(6-2,21(19)3)18-13-14(22-4)11-12-17(18)19/h7-13H,5-6H2,1-4H3. The second kappa shape index (κ2) is 4.36. The van der Waals surface area contributed by atoms with Crippen LogP contribution in [0, 0.1) is 0 Å². The molecule has 0 saturated carbocycles. The van der Waals surface area contributed by atoms with Crippen molar-refractivity contribution in [1.29, 1.82) is 0 Å². The summed E-state index contributed by atoms with van der Waals surface area (Å²) in [5.74, 6) is 0.955. The maximum absolute atomic E-state index is 5.51. The second-order valence-electron chi connectivity index (χ2n) is 6.44. The third-order valence-electron chi connectivity index (χ3n) is 6.10. The number of benzene rings is 2. The molecule has 2 aliphatic heterocycles. The smallest absolute Gasteiger partial charge is 0.119 e. The normalized spacial score (nSPS) is 28.5. The van der Waals surface area contributed by atoms with Crippen molar-refractivity contribution >= 4 is 0 Å². The highest BCUT2D eigenvalue weighted by Gasteiger charge is 2.63. The molecule has 2 nitrogen and oxygen atoms in total. The van der Waals surface area contributed by atoms with E-state index in [1.54, 1.807) is 7.11 Å². The van der Waals surface area contributed by atoms with E-state index in [0.29, 0.717) is 0 Å². The van der Waals surface area contributed by atoms with Crippen molar-refractivity contribution in [2.24, 2.45) is 0 Å². The fraction of sp³-hybridized carbons (Fsp3) is 0.400. The fourth-order valence-corrected chi connectivity index (χ4v) is 5.13. The maximum Gasteiger partial charge on any atom is 0.119 e. The SMILES string of the molecule is CCC12c3ccccc3C(CC)(c3cc(OC)ccc31)N2C. The number of fused-ring (bicyclic) bond motifs is 8. The van der Waals surface area contributed by atoms with Crippen LogP contribution in [0.5, 0.6) is 5.75 Å². The van der Waals surface area contributed by atoms with Gasteiger partial charge in [0.15, 0.2) is 0 Å². The zero-order valence-electron chi connectivity index (χ0n) is 13.8. The fourth-order valence-electron chi connectivity index (χ4n) is 5.13. The molecule has 2 bridgehead atoms. The molecule has 22 heavy (non-hydrogen) atoms. The van der Waals surface area contributed by atoms with Gasteiger partial charge in [0.05, 0.1) is 18.2 Å². The molecule has 0 radical (unpaired) electrons. The molecule has 4 rings (SSSR count). The van der Waals surface area contributed by atoms with Crippen molar-refractivity contribution in [2.45, 2.75) is 37.8 Å². The highest BCUT2D eigenvalue weighted by atomic mass is 16.5. The van der Waals surface area contributed by atoms with Crippen LogP contribution >= 0.6 is 0 Å². The number of nitrogens with zero attached hydrogens (tertiary/aromatic N) is 1. The van der Waals surface area contributed by atoms with E-state index in [1.165, 1.54) is 22.3 Å². The van der Waals surface area contributed by atoms with Gasteiger partial charge in [-0.2, -0.15) is 0 Å². The van der Waals surface area contributed by atoms with Gasteiger partial charge in [-0.05, 0) is 54.3 Å². The lowest BCUT2D eigenvalue weighted by molar-refractivity contribution is 0.103. The summed E-state index contributed by atoms with van der Waals surface area (Å²) < 4.78 is 5.51. The molecule has 2 aliphatic rings. The van der Waals surface area contributed by atoms with Crippen LogP contribution in [-0.2, 0) is 11.1 Å². The highest BCUT2D eigenvalue weighted by Crippen LogP contribution is 2.65. The van der Waals surface area contributed by atoms with Crippen molar-refractivity contribution in [3.05, 3.63) is 64.7 Å². The van der Waals surface area contributed by atoms with E-state index in [1.807, 2.05) is 0 Å². The number of hydrogen-bond donors (Lipinski definition) is 0. The average Bonchev–Trinajstić information content (AvgIpc) is 2.94. The molecule has 0 aromatic heterocycles. The molecule has 0 aliphatic carbocycles. The summed E-state index contributed by atoms with van der Waals surface area (Å²) in [5.41, 5.74) is 5.84. The number of methoxy groups -OCH3 is 1. The number of ether oxygens (including phenoxy) is 1. The lowest BCUT2D eigenvalue weighted by atomic mass is 9.71. The molecular formula is C20H23NO. The molecule has 2 atom stereocenters. The van der Waals surface area contributed by atoms with Gasteiger partial charge in [0, 0.05) is 0 Å². The molecule has 0 amide bonds. The first-order chi connectivity index (χ1) is 10.7. The minimum absolute atomic E-state index is 0.00814. The largest absolute Gasteiger partial charge is 0.497 e. The van der Waals surface area contributed by atoms with E-state index < -0.39 is 0 Å². The second-order valence-corrected chi connectivity index (χ2v) is 6.44. The molecule has 114 valence electrons. The Hall–Kier alpha value is -1.80. The minimum atomic E-state index is -0.0174. The Balaban J connectivity index is 2.12. The molecule has 2 aromatic carbocycles. The van der Waals surface area contributed by atoms with Crippen LogP contribution in [0.15, 0.2) is 42.5 Å². The first-order valence-corrected chi connectivity index (χ1v) is 8.19. The van der Waals surface area contributed by atoms with E-state index in [4.69, 9.17) is 4.74 Å². The predicted molar refractivity (Wildman–Crippen MR) is 89.3 cm³/mol. The van der Waals surface area contributed by atoms with Crippen molar-refractivity contribution in [3.8, 4) is 5.75 Å². The molecule has 2 heteroatoms. The average molecular weight is 293 g/mol. The van der Waals surface area contributed by atoms with Crippen molar-refractivity contribution in [3.63, 3.8) is 0 Å². The highest BCUT2D eigenvalue weighted by molar-refractivity contribution is 5.66. The summed E-state index contributed by atoms with van der Waals surface area (Å²) in [6.07, 6.45) is 2.16. The summed E-state index contributed by atoms with van der Waals surface area (Å²) in [6.45, 7) is 4.60. The van der Waals surface area contributed by atoms with Crippen LogP contribution in [0.2, 0.25) is 0 Å². The van der Waals surface area contributed by atoms with Gasteiger partial charge in [-0.25, -0.2) is 0 Å². The Kier molecular flexibility index (Phi) is 2.74. The van der Waals surface area contributed by atoms with Gasteiger partial charge in [-0.1, -0.05) is 44.2 Å². The van der Waals surface area contributed by atoms with Crippen molar-refractivity contribution < 1.29 is 4.74 Å². The van der Waals surface area contributed by atoms with Gasteiger partial charge in [0.25, 0.3) is 0 Å². The Bertz CT molecular complexity index is 753. The van der Waals surface area contributed by atoms with Gasteiger partial charge in [0.1, 0.15) is 5.75 Å². The van der Waals surface area contributed by atoms with E-state index in [9.17, 15) is 0 Å². The maximum atomic E-state index is 5.51. The molecule has 2 unspecified atom stereocenters. The van der Waals surface area contributed by atoms with Gasteiger partial charge >= 0.3 is 0 Å². The van der Waals surface area contributed by atoms with Crippen LogP contribution in [-0.4, -0.2) is 19.1 Å². The van der Waals surface area contributed by atoms with E-state index >= 15 is 0 Å². The quantitative estimate of drug-likeness (QED) is 0.838. The molecule has 2 aromatic rings. The van der Waals surface area contributed by atoms with Crippen LogP contribution in [0.25, 0.3) is 0 Å². The zero-order valence-corrected chi connectivity index (χ0v) is 13.8. The van der Waals surface area contributed by atoms with Gasteiger partial charge in [-0.3, -0.25) is 4.90 Å². The number of rotatable bonds is 3. The monoisotopic (exact) mass is 293 g/mol. The molecule has 0 saturated heterocycles. The topological polar surface area (TPSA) is 12.5 Å². The van der Waals surface area contributed by atoms with Gasteiger partial charge < -0.3 is 4.74 Å². The Labute approximate surface area is 132 Å². The lowest BCUT2D eigenvalue weighted by Gasteiger charge is -2.36. The summed E-state index contributed by atoms with van der Waals surface area (Å²) in [7, 11) is 4.04. The summed E-state index contributed by atoms with van der Waals surface area (Å²) in [4.78, 5) is 2.61. The zero-order chi connectivity index (χ0) is 15.5. The van der Waals surface area contributed by atoms with E-state index in [-0.39, 0.29) is 11.1 Å². The first-order valence-electron chi connectivity index (χ1n) is 8.19. The van der Waals surface area contributed by atoms with Gasteiger partial charge in [-0.15, -0.1) is 0 Å². The summed E-state index contributed by atoms with van der Waals surface area (Å²) in [6, 6.07) is 15.6. The van der Waals surface area contributed by atoms with E-state index in [2.05, 4.69) is 68.3 Å². The Morgan fingerprint density at radius 2 is 1.41 bits per heavy atom. The molecular weight excluding hydrogens is 270 g/mol. The van der Waals surface area contributed by atoms with Crippen LogP contribution in [0.4, 0.5) is 0 Å². The third-order valence-corrected chi connectivity index (χ3v) is 6.10. The number of hydrogen-bond acceptors (Lipinski definition) is 2. The molecule has 0 N–H and O–H groups in total. The lowest BCUT2D eigenvalue weighted by Crippen LogP contribution is -2.42. The molecule has 0 spiro atoms. The third kappa shape index (κ3) is 1.23. The first kappa shape index (κ1) is 13.8. The molecule has 2 heterocycles. The Morgan fingerprint density at radius 3 is 1.95 bits per heavy atom. The predicted octanol–water partition coefficient (Wildman–Crippen LogP) is 4.26. The summed E-state index contributed by atoms with van der Waals surface area (Å²) in [5, 5.41) is 0. The Morgan fingerprint density at radius 1 is 0.864 bits per heavy atom. The van der Waals surface area contributed by atoms with Crippen molar-refractivity contribution in [2.75, 3.05) is 14.2 Å². The van der Waals surface area contributed by atoms with Crippen LogP contribution in [0.3, 0.4) is 0 Å². The minimum Gasteiger partial charge on any atom is -0.497 e. The van der Waals surface area contributed by atoms with Crippen molar-refractivity contribution in [1.82, 2.24) is 4.90 Å². The van der Waals surface area contributed by atoms with Crippen LogP contribution in [0.1, 0.15) is 48.9 Å².